The van der Waals surface area contributed by atoms with Crippen molar-refractivity contribution in [3.8, 4) is 11.1 Å². The summed E-state index contributed by atoms with van der Waals surface area (Å²) in [5.41, 5.74) is 4.34. The summed E-state index contributed by atoms with van der Waals surface area (Å²) in [6.07, 6.45) is -3.52. The SMILES string of the molecule is O=C(NCC(F)(F)F)OC1(CCCCN2CCN(c3nc4ccccc4[nH]3)CC2)c2ccccc2-c2ccccc21. The van der Waals surface area contributed by atoms with E-state index >= 15 is 0 Å². The molecule has 1 fully saturated rings. The highest BCUT2D eigenvalue weighted by Crippen LogP contribution is 2.52. The highest BCUT2D eigenvalue weighted by molar-refractivity contribution is 5.82. The fourth-order valence-electron chi connectivity index (χ4n) is 6.06. The summed E-state index contributed by atoms with van der Waals surface area (Å²) >= 11 is 0. The van der Waals surface area contributed by atoms with Crippen molar-refractivity contribution in [2.45, 2.75) is 31.0 Å². The van der Waals surface area contributed by atoms with Gasteiger partial charge in [-0.15, -0.1) is 0 Å². The van der Waals surface area contributed by atoms with E-state index in [1.807, 2.05) is 78.1 Å². The van der Waals surface area contributed by atoms with Crippen LogP contribution in [0.2, 0.25) is 0 Å². The van der Waals surface area contributed by atoms with Crippen LogP contribution >= 0.6 is 0 Å². The number of imidazole rings is 1. The Morgan fingerprint density at radius 1 is 0.902 bits per heavy atom. The highest BCUT2D eigenvalue weighted by atomic mass is 19.4. The summed E-state index contributed by atoms with van der Waals surface area (Å²) in [5, 5.41) is 1.90. The summed E-state index contributed by atoms with van der Waals surface area (Å²) in [5.74, 6) is 0.896. The van der Waals surface area contributed by atoms with E-state index < -0.39 is 24.4 Å². The average Bonchev–Trinajstić information content (AvgIpc) is 3.53. The first-order valence-corrected chi connectivity index (χ1v) is 14.0. The molecule has 0 radical (unpaired) electrons. The van der Waals surface area contributed by atoms with E-state index in [1.165, 1.54) is 0 Å². The number of piperazine rings is 1. The number of carbonyl (C=O) groups is 1. The van der Waals surface area contributed by atoms with E-state index in [0.29, 0.717) is 6.42 Å². The topological polar surface area (TPSA) is 73.5 Å². The van der Waals surface area contributed by atoms with Crippen molar-refractivity contribution in [2.24, 2.45) is 0 Å². The van der Waals surface area contributed by atoms with E-state index in [4.69, 9.17) is 9.72 Å². The van der Waals surface area contributed by atoms with Crippen LogP contribution in [-0.4, -0.2) is 66.4 Å². The second-order valence-corrected chi connectivity index (χ2v) is 10.6. The summed E-state index contributed by atoms with van der Waals surface area (Å²) in [6, 6.07) is 23.3. The second kappa shape index (κ2) is 11.1. The number of alkyl carbamates (subject to hydrolysis) is 1. The van der Waals surface area contributed by atoms with Gasteiger partial charge < -0.3 is 19.9 Å². The van der Waals surface area contributed by atoms with Gasteiger partial charge in [-0.25, -0.2) is 9.78 Å². The van der Waals surface area contributed by atoms with Crippen LogP contribution in [0, 0.1) is 0 Å². The Hall–Kier alpha value is -4.05. The lowest BCUT2D eigenvalue weighted by atomic mass is 9.86. The Balaban J connectivity index is 1.11. The van der Waals surface area contributed by atoms with Gasteiger partial charge in [-0.1, -0.05) is 60.7 Å². The molecule has 7 nitrogen and oxygen atoms in total. The minimum absolute atomic E-state index is 0.472. The maximum atomic E-state index is 12.8. The summed E-state index contributed by atoms with van der Waals surface area (Å²) in [6.45, 7) is 2.99. The highest BCUT2D eigenvalue weighted by Gasteiger charge is 2.46. The summed E-state index contributed by atoms with van der Waals surface area (Å²) in [4.78, 5) is 25.5. The number of amides is 1. The number of halogens is 3. The number of alkyl halides is 3. The molecular formula is C31H32F3N5O2. The number of fused-ring (bicyclic) bond motifs is 4. The molecule has 2 N–H and O–H groups in total. The van der Waals surface area contributed by atoms with Crippen molar-refractivity contribution in [1.29, 1.82) is 0 Å². The summed E-state index contributed by atoms with van der Waals surface area (Å²) < 4.78 is 44.4. The summed E-state index contributed by atoms with van der Waals surface area (Å²) in [7, 11) is 0. The Kier molecular flexibility index (Phi) is 7.33. The van der Waals surface area contributed by atoms with Gasteiger partial charge in [0.2, 0.25) is 5.95 Å². The number of ether oxygens (including phenoxy) is 1. The molecule has 214 valence electrons. The van der Waals surface area contributed by atoms with Crippen molar-refractivity contribution < 1.29 is 22.7 Å². The standard InChI is InChI=1S/C31H32F3N5O2/c32-31(33,34)21-35-29(40)41-30(24-11-3-1-9-22(24)23-10-2-4-12-25(23)30)15-7-8-16-38-17-19-39(20-18-38)28-36-26-13-5-6-14-27(26)37-28/h1-6,9-14H,7-8,15-21H2,(H,35,40)(H,36,37). The molecule has 1 aromatic heterocycles. The van der Waals surface area contributed by atoms with Crippen LogP contribution in [0.1, 0.15) is 30.4 Å². The number of nitrogens with zero attached hydrogens (tertiary/aromatic N) is 3. The third kappa shape index (κ3) is 5.61. The molecule has 1 amide bonds. The fraction of sp³-hybridized carbons (Fsp3) is 0.355. The number of H-pyrrole nitrogens is 1. The Labute approximate surface area is 236 Å². The zero-order chi connectivity index (χ0) is 28.5. The fourth-order valence-corrected chi connectivity index (χ4v) is 6.06. The predicted octanol–water partition coefficient (Wildman–Crippen LogP) is 6.07. The minimum atomic E-state index is -4.52. The van der Waals surface area contributed by atoms with E-state index in [-0.39, 0.29) is 0 Å². The number of anilines is 1. The third-order valence-corrected chi connectivity index (χ3v) is 8.02. The Morgan fingerprint density at radius 3 is 2.20 bits per heavy atom. The number of benzene rings is 3. The molecule has 41 heavy (non-hydrogen) atoms. The van der Waals surface area contributed by atoms with Gasteiger partial charge >= 0.3 is 12.3 Å². The molecule has 0 atom stereocenters. The first-order valence-electron chi connectivity index (χ1n) is 14.0. The van der Waals surface area contributed by atoms with Gasteiger partial charge in [-0.05, 0) is 49.1 Å². The molecule has 0 bridgehead atoms. The Morgan fingerprint density at radius 2 is 1.54 bits per heavy atom. The molecule has 0 spiro atoms. The van der Waals surface area contributed by atoms with Gasteiger partial charge in [0.25, 0.3) is 0 Å². The number of unbranched alkanes of at least 4 members (excludes halogenated alkanes) is 1. The van der Waals surface area contributed by atoms with Crippen LogP contribution in [-0.2, 0) is 10.3 Å². The molecule has 0 unspecified atom stereocenters. The molecule has 2 heterocycles. The predicted molar refractivity (Wildman–Crippen MR) is 152 cm³/mol. The van der Waals surface area contributed by atoms with E-state index in [9.17, 15) is 18.0 Å². The molecule has 10 heteroatoms. The van der Waals surface area contributed by atoms with Crippen molar-refractivity contribution >= 4 is 23.1 Å². The van der Waals surface area contributed by atoms with Crippen molar-refractivity contribution in [3.05, 3.63) is 83.9 Å². The van der Waals surface area contributed by atoms with Gasteiger partial charge in [0, 0.05) is 37.3 Å². The monoisotopic (exact) mass is 563 g/mol. The number of hydrogen-bond donors (Lipinski definition) is 2. The zero-order valence-electron chi connectivity index (χ0n) is 22.6. The van der Waals surface area contributed by atoms with Crippen LogP contribution in [0.3, 0.4) is 0 Å². The molecule has 4 aromatic rings. The first kappa shape index (κ1) is 27.1. The van der Waals surface area contributed by atoms with Gasteiger partial charge in [0.1, 0.15) is 6.54 Å². The maximum Gasteiger partial charge on any atom is 0.408 e. The van der Waals surface area contributed by atoms with E-state index in [1.54, 1.807) is 0 Å². The van der Waals surface area contributed by atoms with Crippen LogP contribution in [0.5, 0.6) is 0 Å². The van der Waals surface area contributed by atoms with E-state index in [2.05, 4.69) is 14.8 Å². The maximum absolute atomic E-state index is 12.8. The van der Waals surface area contributed by atoms with E-state index in [0.717, 1.165) is 84.8 Å². The molecule has 1 aliphatic carbocycles. The minimum Gasteiger partial charge on any atom is -0.433 e. The second-order valence-electron chi connectivity index (χ2n) is 10.6. The Bertz CT molecular complexity index is 1450. The third-order valence-electron chi connectivity index (χ3n) is 8.02. The quantitative estimate of drug-likeness (QED) is 0.255. The lowest BCUT2D eigenvalue weighted by molar-refractivity contribution is -0.124. The molecule has 3 aromatic carbocycles. The van der Waals surface area contributed by atoms with Gasteiger partial charge in [-0.2, -0.15) is 13.2 Å². The first-order chi connectivity index (χ1) is 19.8. The number of nitrogens with one attached hydrogen (secondary N) is 2. The molecular weight excluding hydrogens is 531 g/mol. The lowest BCUT2D eigenvalue weighted by Crippen LogP contribution is -2.47. The molecule has 6 rings (SSSR count). The number of hydrogen-bond acceptors (Lipinski definition) is 5. The smallest absolute Gasteiger partial charge is 0.408 e. The van der Waals surface area contributed by atoms with Crippen molar-refractivity contribution in [3.63, 3.8) is 0 Å². The van der Waals surface area contributed by atoms with Crippen LogP contribution < -0.4 is 10.2 Å². The van der Waals surface area contributed by atoms with Gasteiger partial charge in [0.15, 0.2) is 5.60 Å². The molecule has 1 aliphatic heterocycles. The largest absolute Gasteiger partial charge is 0.433 e. The van der Waals surface area contributed by atoms with Gasteiger partial charge in [0.05, 0.1) is 11.0 Å². The van der Waals surface area contributed by atoms with Crippen LogP contribution in [0.4, 0.5) is 23.9 Å². The molecule has 0 saturated carbocycles. The number of carbonyl (C=O) groups excluding carboxylic acids is 1. The number of rotatable bonds is 8. The molecule has 2 aliphatic rings. The lowest BCUT2D eigenvalue weighted by Gasteiger charge is -2.35. The van der Waals surface area contributed by atoms with Crippen molar-refractivity contribution in [1.82, 2.24) is 20.2 Å². The van der Waals surface area contributed by atoms with Crippen LogP contribution in [0.15, 0.2) is 72.8 Å². The van der Waals surface area contributed by atoms with Crippen LogP contribution in [0.25, 0.3) is 22.2 Å². The molecule has 1 saturated heterocycles. The van der Waals surface area contributed by atoms with Crippen molar-refractivity contribution in [2.75, 3.05) is 44.2 Å². The normalized spacial score (nSPS) is 16.4. The number of aromatic amines is 1. The zero-order valence-corrected chi connectivity index (χ0v) is 22.6. The van der Waals surface area contributed by atoms with Gasteiger partial charge in [-0.3, -0.25) is 4.90 Å². The average molecular weight is 564 g/mol. The number of para-hydroxylation sites is 2. The number of aromatic nitrogens is 2.